The van der Waals surface area contributed by atoms with Gasteiger partial charge in [-0.3, -0.25) is 4.79 Å². The summed E-state index contributed by atoms with van der Waals surface area (Å²) in [4.78, 5) is 13.1. The maximum Gasteiger partial charge on any atom is 0.211 e. The standard InChI is InChI=1S/C25H22ClNO5S/c1-3-32-19-7-10-21(11-8-19)33(29,30)24-16-27(15-17-5-4-6-18(26)13-17)23-12-9-20(31-2)14-22(23)25(24)28/h4-14,16H,3,15H2,1-2H3. The van der Waals surface area contributed by atoms with Crippen molar-refractivity contribution in [3.05, 3.63) is 93.7 Å². The second kappa shape index (κ2) is 9.29. The number of hydrogen-bond acceptors (Lipinski definition) is 5. The average molecular weight is 484 g/mol. The van der Waals surface area contributed by atoms with Gasteiger partial charge in [-0.15, -0.1) is 0 Å². The number of halogens is 1. The molecule has 0 N–H and O–H groups in total. The lowest BCUT2D eigenvalue weighted by Crippen LogP contribution is -2.19. The van der Waals surface area contributed by atoms with E-state index in [1.54, 1.807) is 47.0 Å². The van der Waals surface area contributed by atoms with Gasteiger partial charge in [-0.25, -0.2) is 8.42 Å². The van der Waals surface area contributed by atoms with Crippen molar-refractivity contribution in [3.63, 3.8) is 0 Å². The zero-order valence-corrected chi connectivity index (χ0v) is 19.7. The highest BCUT2D eigenvalue weighted by molar-refractivity contribution is 7.91. The van der Waals surface area contributed by atoms with Gasteiger partial charge < -0.3 is 14.0 Å². The monoisotopic (exact) mass is 483 g/mol. The molecule has 4 aromatic rings. The van der Waals surface area contributed by atoms with Gasteiger partial charge in [0.1, 0.15) is 16.4 Å². The minimum absolute atomic E-state index is 0.0135. The molecule has 0 fully saturated rings. The van der Waals surface area contributed by atoms with Crippen molar-refractivity contribution in [2.24, 2.45) is 0 Å². The van der Waals surface area contributed by atoms with Crippen LogP contribution >= 0.6 is 11.6 Å². The normalized spacial score (nSPS) is 11.5. The van der Waals surface area contributed by atoms with Crippen LogP contribution in [0.3, 0.4) is 0 Å². The lowest BCUT2D eigenvalue weighted by atomic mass is 10.1. The third-order valence-corrected chi connectivity index (χ3v) is 7.23. The quantitative estimate of drug-likeness (QED) is 0.372. The van der Waals surface area contributed by atoms with Crippen LogP contribution in [0.2, 0.25) is 5.02 Å². The number of pyridine rings is 1. The van der Waals surface area contributed by atoms with Gasteiger partial charge in [0.05, 0.1) is 29.5 Å². The van der Waals surface area contributed by atoms with Gasteiger partial charge in [-0.05, 0) is 67.1 Å². The SMILES string of the molecule is CCOc1ccc(S(=O)(=O)c2cn(Cc3cccc(Cl)c3)c3ccc(OC)cc3c2=O)cc1. The number of benzene rings is 3. The van der Waals surface area contributed by atoms with Crippen molar-refractivity contribution in [2.75, 3.05) is 13.7 Å². The van der Waals surface area contributed by atoms with Crippen LogP contribution in [0.5, 0.6) is 11.5 Å². The highest BCUT2D eigenvalue weighted by Crippen LogP contribution is 2.26. The van der Waals surface area contributed by atoms with E-state index in [2.05, 4.69) is 0 Å². The molecular formula is C25H22ClNO5S. The van der Waals surface area contributed by atoms with Crippen molar-refractivity contribution >= 4 is 32.3 Å². The molecule has 0 bridgehead atoms. The van der Waals surface area contributed by atoms with E-state index in [4.69, 9.17) is 21.1 Å². The first kappa shape index (κ1) is 22.9. The Morgan fingerprint density at radius 2 is 1.70 bits per heavy atom. The molecule has 170 valence electrons. The number of methoxy groups -OCH3 is 1. The minimum atomic E-state index is -4.09. The predicted molar refractivity (Wildman–Crippen MR) is 128 cm³/mol. The van der Waals surface area contributed by atoms with Gasteiger partial charge in [0.15, 0.2) is 0 Å². The van der Waals surface area contributed by atoms with E-state index in [0.717, 1.165) is 5.56 Å². The van der Waals surface area contributed by atoms with Crippen LogP contribution in [0.15, 0.2) is 87.5 Å². The maximum absolute atomic E-state index is 13.5. The molecular weight excluding hydrogens is 462 g/mol. The Morgan fingerprint density at radius 1 is 0.970 bits per heavy atom. The van der Waals surface area contributed by atoms with E-state index in [1.165, 1.54) is 25.4 Å². The summed E-state index contributed by atoms with van der Waals surface area (Å²) in [5, 5.41) is 0.824. The van der Waals surface area contributed by atoms with E-state index < -0.39 is 15.3 Å². The molecule has 6 nitrogen and oxygen atoms in total. The van der Waals surface area contributed by atoms with Crippen LogP contribution in [-0.4, -0.2) is 26.7 Å². The summed E-state index contributed by atoms with van der Waals surface area (Å²) in [6, 6.07) is 18.3. The van der Waals surface area contributed by atoms with Crippen LogP contribution < -0.4 is 14.9 Å². The molecule has 0 saturated carbocycles. The number of hydrogen-bond donors (Lipinski definition) is 0. The summed E-state index contributed by atoms with van der Waals surface area (Å²) in [5.74, 6) is 1.02. The van der Waals surface area contributed by atoms with Crippen molar-refractivity contribution in [2.45, 2.75) is 23.3 Å². The molecule has 0 saturated heterocycles. The van der Waals surface area contributed by atoms with E-state index >= 15 is 0 Å². The fourth-order valence-corrected chi connectivity index (χ4v) is 5.22. The first-order valence-corrected chi connectivity index (χ1v) is 12.1. The number of sulfone groups is 1. The van der Waals surface area contributed by atoms with Crippen molar-refractivity contribution in [1.29, 1.82) is 0 Å². The zero-order chi connectivity index (χ0) is 23.6. The molecule has 0 spiro atoms. The molecule has 33 heavy (non-hydrogen) atoms. The second-order valence-corrected chi connectivity index (χ2v) is 9.73. The zero-order valence-electron chi connectivity index (χ0n) is 18.1. The largest absolute Gasteiger partial charge is 0.497 e. The fourth-order valence-electron chi connectivity index (χ4n) is 3.64. The van der Waals surface area contributed by atoms with E-state index in [-0.39, 0.29) is 15.2 Å². The Bertz CT molecular complexity index is 1480. The van der Waals surface area contributed by atoms with Gasteiger partial charge in [-0.2, -0.15) is 0 Å². The number of aromatic nitrogens is 1. The highest BCUT2D eigenvalue weighted by atomic mass is 35.5. The Balaban J connectivity index is 1.92. The van der Waals surface area contributed by atoms with Crippen LogP contribution in [0, 0.1) is 0 Å². The Morgan fingerprint density at radius 3 is 2.36 bits per heavy atom. The maximum atomic E-state index is 13.5. The molecule has 0 unspecified atom stereocenters. The number of ether oxygens (including phenoxy) is 2. The molecule has 0 radical (unpaired) electrons. The molecule has 0 aliphatic carbocycles. The van der Waals surface area contributed by atoms with Gasteiger partial charge in [0, 0.05) is 17.8 Å². The molecule has 0 aliphatic heterocycles. The van der Waals surface area contributed by atoms with E-state index in [1.807, 2.05) is 19.1 Å². The van der Waals surface area contributed by atoms with Crippen molar-refractivity contribution in [1.82, 2.24) is 4.57 Å². The van der Waals surface area contributed by atoms with Gasteiger partial charge in [0.25, 0.3) is 0 Å². The molecule has 0 aliphatic rings. The molecule has 4 rings (SSSR count). The van der Waals surface area contributed by atoms with Crippen molar-refractivity contribution < 1.29 is 17.9 Å². The third-order valence-electron chi connectivity index (χ3n) is 5.23. The first-order valence-electron chi connectivity index (χ1n) is 10.3. The highest BCUT2D eigenvalue weighted by Gasteiger charge is 2.24. The Hall–Kier alpha value is -3.29. The Kier molecular flexibility index (Phi) is 6.44. The van der Waals surface area contributed by atoms with E-state index in [0.29, 0.717) is 35.2 Å². The van der Waals surface area contributed by atoms with Gasteiger partial charge >= 0.3 is 0 Å². The summed E-state index contributed by atoms with van der Waals surface area (Å²) in [6.07, 6.45) is 1.39. The van der Waals surface area contributed by atoms with Gasteiger partial charge in [0.2, 0.25) is 15.3 Å². The van der Waals surface area contributed by atoms with Crippen molar-refractivity contribution in [3.8, 4) is 11.5 Å². The number of fused-ring (bicyclic) bond motifs is 1. The lowest BCUT2D eigenvalue weighted by Gasteiger charge is -2.15. The van der Waals surface area contributed by atoms with Crippen LogP contribution in [0.4, 0.5) is 0 Å². The summed E-state index contributed by atoms with van der Waals surface area (Å²) in [5.41, 5.74) is 0.874. The number of nitrogens with zero attached hydrogens (tertiary/aromatic N) is 1. The number of rotatable bonds is 7. The molecule has 8 heteroatoms. The summed E-state index contributed by atoms with van der Waals surface area (Å²) in [6.45, 7) is 2.64. The average Bonchev–Trinajstić information content (AvgIpc) is 2.81. The van der Waals surface area contributed by atoms with Crippen LogP contribution in [0.25, 0.3) is 10.9 Å². The smallest absolute Gasteiger partial charge is 0.211 e. The lowest BCUT2D eigenvalue weighted by molar-refractivity contribution is 0.340. The Labute approximate surface area is 196 Å². The first-order chi connectivity index (χ1) is 15.8. The predicted octanol–water partition coefficient (Wildman–Crippen LogP) is 4.94. The molecule has 0 atom stereocenters. The molecule has 1 aromatic heterocycles. The van der Waals surface area contributed by atoms with Crippen LogP contribution in [-0.2, 0) is 16.4 Å². The topological polar surface area (TPSA) is 74.6 Å². The van der Waals surface area contributed by atoms with Crippen LogP contribution in [0.1, 0.15) is 12.5 Å². The summed E-state index contributed by atoms with van der Waals surface area (Å²) >= 11 is 6.13. The van der Waals surface area contributed by atoms with Gasteiger partial charge in [-0.1, -0.05) is 23.7 Å². The van der Waals surface area contributed by atoms with E-state index in [9.17, 15) is 13.2 Å². The second-order valence-electron chi connectivity index (χ2n) is 7.37. The minimum Gasteiger partial charge on any atom is -0.497 e. The molecule has 1 heterocycles. The summed E-state index contributed by atoms with van der Waals surface area (Å²) in [7, 11) is -2.60. The molecule has 3 aromatic carbocycles. The molecule has 0 amide bonds. The third kappa shape index (κ3) is 4.60. The summed E-state index contributed by atoms with van der Waals surface area (Å²) < 4.78 is 39.4. The fraction of sp³-hybridized carbons (Fsp3) is 0.160.